The minimum absolute atomic E-state index is 0. The van der Waals surface area contributed by atoms with Crippen molar-refractivity contribution in [3.8, 4) is 0 Å². The highest BCUT2D eigenvalue weighted by Crippen LogP contribution is 2.31. The van der Waals surface area contributed by atoms with Gasteiger partial charge < -0.3 is 16.0 Å². The Morgan fingerprint density at radius 1 is 1.39 bits per heavy atom. The van der Waals surface area contributed by atoms with Crippen LogP contribution in [0.5, 0.6) is 0 Å². The van der Waals surface area contributed by atoms with E-state index in [4.69, 9.17) is 5.73 Å². The van der Waals surface area contributed by atoms with Crippen LogP contribution in [0.1, 0.15) is 37.0 Å². The standard InChI is InChI=1S/C15H22N4O3.ClH/c1-15(2,16)10-17-14(20)11-5-6-12(13(9-11)19(21)22)18-7-3-4-8-18;/h5-6,9H,3-4,7-8,10,16H2,1-2H3,(H,17,20);1H. The van der Waals surface area contributed by atoms with E-state index in [0.717, 1.165) is 25.9 Å². The van der Waals surface area contributed by atoms with Crippen LogP contribution in [0.15, 0.2) is 18.2 Å². The summed E-state index contributed by atoms with van der Waals surface area (Å²) in [6.07, 6.45) is 2.07. The lowest BCUT2D eigenvalue weighted by atomic mass is 10.1. The quantitative estimate of drug-likeness (QED) is 0.630. The number of hydrogen-bond acceptors (Lipinski definition) is 5. The lowest BCUT2D eigenvalue weighted by Gasteiger charge is -2.20. The molecule has 8 heteroatoms. The number of nitrogens with zero attached hydrogens (tertiary/aromatic N) is 2. The molecule has 1 aromatic carbocycles. The average molecular weight is 343 g/mol. The van der Waals surface area contributed by atoms with Crippen LogP contribution in [0.2, 0.25) is 0 Å². The van der Waals surface area contributed by atoms with Gasteiger partial charge in [-0.05, 0) is 38.8 Å². The zero-order valence-electron chi connectivity index (χ0n) is 13.4. The van der Waals surface area contributed by atoms with E-state index in [0.29, 0.717) is 12.2 Å². The van der Waals surface area contributed by atoms with Crippen molar-refractivity contribution < 1.29 is 9.72 Å². The van der Waals surface area contributed by atoms with Crippen molar-refractivity contribution in [1.29, 1.82) is 0 Å². The Labute approximate surface area is 141 Å². The van der Waals surface area contributed by atoms with Crippen LogP contribution < -0.4 is 16.0 Å². The number of nitrogens with two attached hydrogens (primary N) is 1. The molecule has 0 bridgehead atoms. The molecule has 0 saturated carbocycles. The van der Waals surface area contributed by atoms with Crippen molar-refractivity contribution in [2.24, 2.45) is 5.73 Å². The number of nitro benzene ring substituents is 1. The van der Waals surface area contributed by atoms with Crippen molar-refractivity contribution in [2.75, 3.05) is 24.5 Å². The summed E-state index contributed by atoms with van der Waals surface area (Å²) in [7, 11) is 0. The Balaban J connectivity index is 0.00000264. The number of carbonyl (C=O) groups is 1. The van der Waals surface area contributed by atoms with E-state index in [-0.39, 0.29) is 29.6 Å². The minimum Gasteiger partial charge on any atom is -0.366 e. The molecule has 1 aliphatic heterocycles. The summed E-state index contributed by atoms with van der Waals surface area (Å²) in [6, 6.07) is 4.62. The van der Waals surface area contributed by atoms with Gasteiger partial charge in [0.05, 0.1) is 4.92 Å². The van der Waals surface area contributed by atoms with Gasteiger partial charge in [-0.15, -0.1) is 12.4 Å². The van der Waals surface area contributed by atoms with Gasteiger partial charge in [0.2, 0.25) is 0 Å². The number of nitro groups is 1. The molecule has 1 fully saturated rings. The van der Waals surface area contributed by atoms with Crippen molar-refractivity contribution in [3.63, 3.8) is 0 Å². The Morgan fingerprint density at radius 2 is 2.00 bits per heavy atom. The molecule has 1 aliphatic rings. The fraction of sp³-hybridized carbons (Fsp3) is 0.533. The Kier molecular flexibility index (Phi) is 6.35. The molecule has 2 rings (SSSR count). The first-order valence-corrected chi connectivity index (χ1v) is 7.38. The van der Waals surface area contributed by atoms with E-state index in [9.17, 15) is 14.9 Å². The third-order valence-corrected chi connectivity index (χ3v) is 3.59. The summed E-state index contributed by atoms with van der Waals surface area (Å²) in [5, 5.41) is 14.0. The van der Waals surface area contributed by atoms with Gasteiger partial charge in [0.25, 0.3) is 11.6 Å². The first-order chi connectivity index (χ1) is 10.3. The summed E-state index contributed by atoms with van der Waals surface area (Å²) in [6.45, 7) is 5.52. The van der Waals surface area contributed by atoms with Gasteiger partial charge in [0.15, 0.2) is 0 Å². The van der Waals surface area contributed by atoms with Crippen LogP contribution in [0.25, 0.3) is 0 Å². The fourth-order valence-corrected chi connectivity index (χ4v) is 2.45. The largest absolute Gasteiger partial charge is 0.366 e. The van der Waals surface area contributed by atoms with Crippen LogP contribution in [-0.2, 0) is 0 Å². The van der Waals surface area contributed by atoms with E-state index < -0.39 is 10.5 Å². The maximum Gasteiger partial charge on any atom is 0.293 e. The molecule has 128 valence electrons. The molecular formula is C15H23ClN4O3. The summed E-state index contributed by atoms with van der Waals surface area (Å²) in [5.74, 6) is -0.352. The lowest BCUT2D eigenvalue weighted by Crippen LogP contribution is -2.45. The smallest absolute Gasteiger partial charge is 0.293 e. The van der Waals surface area contributed by atoms with E-state index in [1.807, 2.05) is 4.90 Å². The number of halogens is 1. The predicted molar refractivity (Wildman–Crippen MR) is 92.4 cm³/mol. The number of carbonyl (C=O) groups excluding carboxylic acids is 1. The number of rotatable bonds is 5. The second kappa shape index (κ2) is 7.61. The van der Waals surface area contributed by atoms with E-state index in [2.05, 4.69) is 5.32 Å². The molecule has 0 radical (unpaired) electrons. The SMILES string of the molecule is CC(C)(N)CNC(=O)c1ccc(N2CCCC2)c([N+](=O)[O-])c1.Cl. The summed E-state index contributed by atoms with van der Waals surface area (Å²) >= 11 is 0. The fourth-order valence-electron chi connectivity index (χ4n) is 2.45. The van der Waals surface area contributed by atoms with Gasteiger partial charge in [0.1, 0.15) is 5.69 Å². The number of benzene rings is 1. The van der Waals surface area contributed by atoms with Gasteiger partial charge in [-0.3, -0.25) is 14.9 Å². The number of anilines is 1. The number of nitrogens with one attached hydrogen (secondary N) is 1. The predicted octanol–water partition coefficient (Wildman–Crippen LogP) is 2.08. The van der Waals surface area contributed by atoms with Gasteiger partial charge >= 0.3 is 0 Å². The summed E-state index contributed by atoms with van der Waals surface area (Å²) < 4.78 is 0. The van der Waals surface area contributed by atoms with Gasteiger partial charge in [0, 0.05) is 36.8 Å². The highest BCUT2D eigenvalue weighted by Gasteiger charge is 2.24. The Bertz CT molecular complexity index is 581. The molecule has 3 N–H and O–H groups in total. The summed E-state index contributed by atoms with van der Waals surface area (Å²) in [5.41, 5.74) is 6.12. The number of hydrogen-bond donors (Lipinski definition) is 2. The van der Waals surface area contributed by atoms with Crippen LogP contribution in [0.3, 0.4) is 0 Å². The molecule has 1 saturated heterocycles. The van der Waals surface area contributed by atoms with Crippen molar-refractivity contribution in [1.82, 2.24) is 5.32 Å². The Hall–Kier alpha value is -1.86. The first kappa shape index (κ1) is 19.2. The maximum absolute atomic E-state index is 12.1. The highest BCUT2D eigenvalue weighted by atomic mass is 35.5. The molecule has 1 amide bonds. The highest BCUT2D eigenvalue weighted by molar-refractivity contribution is 5.95. The van der Waals surface area contributed by atoms with E-state index in [1.165, 1.54) is 6.07 Å². The second-order valence-corrected chi connectivity index (χ2v) is 6.33. The van der Waals surface area contributed by atoms with Gasteiger partial charge in [-0.25, -0.2) is 0 Å². The normalized spacial score (nSPS) is 14.3. The third kappa shape index (κ3) is 5.07. The topological polar surface area (TPSA) is 102 Å². The van der Waals surface area contributed by atoms with Crippen molar-refractivity contribution in [3.05, 3.63) is 33.9 Å². The Morgan fingerprint density at radius 3 is 2.52 bits per heavy atom. The van der Waals surface area contributed by atoms with Gasteiger partial charge in [-0.1, -0.05) is 0 Å². The zero-order chi connectivity index (χ0) is 16.3. The van der Waals surface area contributed by atoms with Crippen LogP contribution >= 0.6 is 12.4 Å². The third-order valence-electron chi connectivity index (χ3n) is 3.59. The monoisotopic (exact) mass is 342 g/mol. The van der Waals surface area contributed by atoms with Crippen molar-refractivity contribution in [2.45, 2.75) is 32.2 Å². The van der Waals surface area contributed by atoms with E-state index in [1.54, 1.807) is 26.0 Å². The van der Waals surface area contributed by atoms with Gasteiger partial charge in [-0.2, -0.15) is 0 Å². The minimum atomic E-state index is -0.531. The van der Waals surface area contributed by atoms with Crippen LogP contribution in [0.4, 0.5) is 11.4 Å². The molecule has 0 spiro atoms. The average Bonchev–Trinajstić information content (AvgIpc) is 2.97. The maximum atomic E-state index is 12.1. The molecular weight excluding hydrogens is 320 g/mol. The number of amides is 1. The van der Waals surface area contributed by atoms with Crippen molar-refractivity contribution >= 4 is 29.7 Å². The zero-order valence-corrected chi connectivity index (χ0v) is 14.2. The molecule has 0 aromatic heterocycles. The molecule has 0 atom stereocenters. The first-order valence-electron chi connectivity index (χ1n) is 7.38. The van der Waals surface area contributed by atoms with Crippen LogP contribution in [-0.4, -0.2) is 36.0 Å². The molecule has 23 heavy (non-hydrogen) atoms. The van der Waals surface area contributed by atoms with E-state index >= 15 is 0 Å². The molecule has 0 unspecified atom stereocenters. The molecule has 1 heterocycles. The molecule has 7 nitrogen and oxygen atoms in total. The second-order valence-electron chi connectivity index (χ2n) is 6.33. The molecule has 1 aromatic rings. The molecule has 0 aliphatic carbocycles. The van der Waals surface area contributed by atoms with Crippen LogP contribution in [0, 0.1) is 10.1 Å². The summed E-state index contributed by atoms with van der Waals surface area (Å²) in [4.78, 5) is 24.9. The lowest BCUT2D eigenvalue weighted by molar-refractivity contribution is -0.384.